The summed E-state index contributed by atoms with van der Waals surface area (Å²) in [5.74, 6) is 0.587. The molecule has 8 heteroatoms. The largest absolute Gasteiger partial charge is 0.496 e. The molecule has 32 heavy (non-hydrogen) atoms. The summed E-state index contributed by atoms with van der Waals surface area (Å²) in [5, 5.41) is 0. The number of benzene rings is 1. The van der Waals surface area contributed by atoms with Gasteiger partial charge in [-0.3, -0.25) is 14.4 Å². The summed E-state index contributed by atoms with van der Waals surface area (Å²) in [6, 6.07) is 8.26. The van der Waals surface area contributed by atoms with Gasteiger partial charge in [0.1, 0.15) is 11.8 Å². The van der Waals surface area contributed by atoms with Gasteiger partial charge in [0.25, 0.3) is 11.8 Å². The molecule has 1 atom stereocenters. The van der Waals surface area contributed by atoms with E-state index in [1.54, 1.807) is 46.1 Å². The molecule has 2 aromatic rings. The first-order valence-electron chi connectivity index (χ1n) is 11.1. The number of piperidine rings is 1. The van der Waals surface area contributed by atoms with Crippen LogP contribution in [0.5, 0.6) is 5.75 Å². The Labute approximate surface area is 187 Å². The van der Waals surface area contributed by atoms with Crippen LogP contribution in [0.4, 0.5) is 0 Å². The fourth-order valence-electron chi connectivity index (χ4n) is 4.45. The Hall–Kier alpha value is -3.29. The number of piperazine rings is 1. The van der Waals surface area contributed by atoms with Crippen LogP contribution in [0, 0.1) is 6.92 Å². The minimum Gasteiger partial charge on any atom is -0.496 e. The summed E-state index contributed by atoms with van der Waals surface area (Å²) in [6.45, 7) is 4.30. The van der Waals surface area contributed by atoms with Crippen molar-refractivity contribution in [3.05, 3.63) is 53.5 Å². The number of likely N-dealkylation sites (tertiary alicyclic amines) is 1. The number of hydrogen-bond acceptors (Lipinski definition) is 5. The lowest BCUT2D eigenvalue weighted by Crippen LogP contribution is -2.57. The van der Waals surface area contributed by atoms with Crippen LogP contribution < -0.4 is 4.74 Å². The molecule has 0 saturated carbocycles. The Morgan fingerprint density at radius 2 is 1.72 bits per heavy atom. The molecule has 0 N–H and O–H groups in total. The van der Waals surface area contributed by atoms with Gasteiger partial charge in [0, 0.05) is 38.3 Å². The minimum absolute atomic E-state index is 0.0475. The van der Waals surface area contributed by atoms with E-state index in [1.165, 1.54) is 6.26 Å². The van der Waals surface area contributed by atoms with Crippen LogP contribution in [-0.4, -0.2) is 78.3 Å². The van der Waals surface area contributed by atoms with Crippen LogP contribution in [-0.2, 0) is 4.79 Å². The molecule has 0 bridgehead atoms. The van der Waals surface area contributed by atoms with Crippen molar-refractivity contribution in [2.75, 3.05) is 39.8 Å². The Morgan fingerprint density at radius 1 is 0.969 bits per heavy atom. The quantitative estimate of drug-likeness (QED) is 0.731. The minimum atomic E-state index is -0.482. The molecule has 8 nitrogen and oxygen atoms in total. The average molecular weight is 440 g/mol. The van der Waals surface area contributed by atoms with Gasteiger partial charge in [-0.05, 0) is 56.0 Å². The van der Waals surface area contributed by atoms with Gasteiger partial charge in [-0.25, -0.2) is 0 Å². The van der Waals surface area contributed by atoms with E-state index in [9.17, 15) is 14.4 Å². The van der Waals surface area contributed by atoms with Crippen molar-refractivity contribution in [3.63, 3.8) is 0 Å². The first kappa shape index (κ1) is 21.9. The zero-order valence-corrected chi connectivity index (χ0v) is 18.6. The normalized spacial score (nSPS) is 19.1. The fraction of sp³-hybridized carbons (Fsp3) is 0.458. The number of rotatable bonds is 4. The van der Waals surface area contributed by atoms with E-state index in [0.717, 1.165) is 18.4 Å². The Kier molecular flexibility index (Phi) is 6.48. The lowest BCUT2D eigenvalue weighted by atomic mass is 10.00. The topological polar surface area (TPSA) is 83.3 Å². The Bertz CT molecular complexity index is 980. The van der Waals surface area contributed by atoms with E-state index in [1.807, 2.05) is 13.0 Å². The predicted molar refractivity (Wildman–Crippen MR) is 118 cm³/mol. The summed E-state index contributed by atoms with van der Waals surface area (Å²) in [6.07, 6.45) is 3.89. The summed E-state index contributed by atoms with van der Waals surface area (Å²) < 4.78 is 10.6. The lowest BCUT2D eigenvalue weighted by Gasteiger charge is -2.40. The van der Waals surface area contributed by atoms with Crippen molar-refractivity contribution in [2.24, 2.45) is 0 Å². The number of furan rings is 1. The highest BCUT2D eigenvalue weighted by molar-refractivity contribution is 5.96. The van der Waals surface area contributed by atoms with Crippen LogP contribution >= 0.6 is 0 Å². The highest BCUT2D eigenvalue weighted by Gasteiger charge is 2.37. The highest BCUT2D eigenvalue weighted by Crippen LogP contribution is 2.24. The van der Waals surface area contributed by atoms with Gasteiger partial charge in [0.2, 0.25) is 5.91 Å². The van der Waals surface area contributed by atoms with Gasteiger partial charge in [-0.1, -0.05) is 6.07 Å². The molecular formula is C24H29N3O5. The van der Waals surface area contributed by atoms with E-state index in [0.29, 0.717) is 50.5 Å². The van der Waals surface area contributed by atoms with Gasteiger partial charge in [-0.15, -0.1) is 0 Å². The fourth-order valence-corrected chi connectivity index (χ4v) is 4.45. The summed E-state index contributed by atoms with van der Waals surface area (Å²) in [5.41, 5.74) is 1.55. The second-order valence-corrected chi connectivity index (χ2v) is 8.29. The Balaban J connectivity index is 1.39. The predicted octanol–water partition coefficient (Wildman–Crippen LogP) is 2.58. The van der Waals surface area contributed by atoms with Crippen molar-refractivity contribution in [1.29, 1.82) is 0 Å². The van der Waals surface area contributed by atoms with Crippen molar-refractivity contribution in [3.8, 4) is 5.75 Å². The van der Waals surface area contributed by atoms with E-state index < -0.39 is 6.04 Å². The molecule has 0 spiro atoms. The van der Waals surface area contributed by atoms with E-state index >= 15 is 0 Å². The second kappa shape index (κ2) is 9.46. The van der Waals surface area contributed by atoms with Crippen LogP contribution in [0.3, 0.4) is 0 Å². The van der Waals surface area contributed by atoms with Gasteiger partial charge in [0.15, 0.2) is 5.76 Å². The summed E-state index contributed by atoms with van der Waals surface area (Å²) >= 11 is 0. The summed E-state index contributed by atoms with van der Waals surface area (Å²) in [7, 11) is 1.59. The molecule has 2 aliphatic heterocycles. The molecular weight excluding hydrogens is 410 g/mol. The maximum Gasteiger partial charge on any atom is 0.290 e. The lowest BCUT2D eigenvalue weighted by molar-refractivity contribution is -0.138. The van der Waals surface area contributed by atoms with Crippen LogP contribution in [0.15, 0.2) is 41.0 Å². The number of ether oxygens (including phenoxy) is 1. The van der Waals surface area contributed by atoms with E-state index in [2.05, 4.69) is 0 Å². The zero-order valence-electron chi connectivity index (χ0n) is 18.6. The third kappa shape index (κ3) is 4.35. The second-order valence-electron chi connectivity index (χ2n) is 8.29. The van der Waals surface area contributed by atoms with Gasteiger partial charge >= 0.3 is 0 Å². The molecule has 1 aromatic heterocycles. The zero-order chi connectivity index (χ0) is 22.7. The van der Waals surface area contributed by atoms with Gasteiger partial charge in [0.05, 0.1) is 13.4 Å². The molecule has 3 amide bonds. The number of hydrogen-bond donors (Lipinski definition) is 0. The van der Waals surface area contributed by atoms with Crippen molar-refractivity contribution < 1.29 is 23.5 Å². The number of aryl methyl sites for hydroxylation is 1. The van der Waals surface area contributed by atoms with E-state index in [4.69, 9.17) is 9.15 Å². The number of carbonyl (C=O) groups excluding carboxylic acids is 3. The monoisotopic (exact) mass is 439 g/mol. The SMILES string of the molecule is COc1cc(C(=O)N2CCN(C(=O)C3CCCCN3C(=O)c3ccco3)CC2)ccc1C. The molecule has 170 valence electrons. The average Bonchev–Trinajstić information content (AvgIpc) is 3.38. The standard InChI is InChI=1S/C24H29N3O5/c1-17-8-9-18(16-21(17)31-2)22(28)25-11-13-26(14-12-25)23(29)19-6-3-4-10-27(19)24(30)20-7-5-15-32-20/h5,7-9,15-16,19H,3-4,6,10-14H2,1-2H3. The highest BCUT2D eigenvalue weighted by atomic mass is 16.5. The number of nitrogens with zero attached hydrogens (tertiary/aromatic N) is 3. The molecule has 3 heterocycles. The molecule has 1 unspecified atom stereocenters. The maximum absolute atomic E-state index is 13.3. The van der Waals surface area contributed by atoms with Crippen LogP contribution in [0.2, 0.25) is 0 Å². The Morgan fingerprint density at radius 3 is 2.41 bits per heavy atom. The third-order valence-electron chi connectivity index (χ3n) is 6.31. The van der Waals surface area contributed by atoms with Crippen LogP contribution in [0.1, 0.15) is 45.7 Å². The molecule has 0 aliphatic carbocycles. The first-order valence-corrected chi connectivity index (χ1v) is 11.1. The smallest absolute Gasteiger partial charge is 0.290 e. The third-order valence-corrected chi connectivity index (χ3v) is 6.31. The molecule has 0 radical (unpaired) electrons. The number of methoxy groups -OCH3 is 1. The maximum atomic E-state index is 13.3. The molecule has 2 aliphatic rings. The first-order chi connectivity index (χ1) is 15.5. The molecule has 2 saturated heterocycles. The van der Waals surface area contributed by atoms with Crippen molar-refractivity contribution in [2.45, 2.75) is 32.2 Å². The van der Waals surface area contributed by atoms with Crippen LogP contribution in [0.25, 0.3) is 0 Å². The van der Waals surface area contributed by atoms with Crippen molar-refractivity contribution in [1.82, 2.24) is 14.7 Å². The summed E-state index contributed by atoms with van der Waals surface area (Å²) in [4.78, 5) is 44.2. The van der Waals surface area contributed by atoms with Crippen molar-refractivity contribution >= 4 is 17.7 Å². The molecule has 1 aromatic carbocycles. The molecule has 4 rings (SSSR count). The molecule has 2 fully saturated rings. The van der Waals surface area contributed by atoms with Gasteiger partial charge < -0.3 is 23.9 Å². The van der Waals surface area contributed by atoms with E-state index in [-0.39, 0.29) is 23.5 Å². The van der Waals surface area contributed by atoms with Gasteiger partial charge in [-0.2, -0.15) is 0 Å². The number of carbonyl (C=O) groups is 3. The number of amides is 3.